The van der Waals surface area contributed by atoms with Crippen molar-refractivity contribution in [2.75, 3.05) is 5.32 Å². The summed E-state index contributed by atoms with van der Waals surface area (Å²) >= 11 is 0. The molecule has 0 spiro atoms. The fraction of sp³-hybridized carbons (Fsp3) is 0.111. The monoisotopic (exact) mass is 214 g/mol. The number of hydrogen-bond donors (Lipinski definition) is 2. The molecule has 1 rings (SSSR count). The summed E-state index contributed by atoms with van der Waals surface area (Å²) in [5.74, 6) is -3.55. The van der Waals surface area contributed by atoms with E-state index < -0.39 is 35.6 Å². The van der Waals surface area contributed by atoms with Gasteiger partial charge in [0.05, 0.1) is 0 Å². The molecule has 0 aliphatic heterocycles. The lowest BCUT2D eigenvalue weighted by atomic mass is 10.2. The smallest absolute Gasteiger partial charge is 0.233 e. The first-order valence-corrected chi connectivity index (χ1v) is 4.03. The summed E-state index contributed by atoms with van der Waals surface area (Å²) in [6, 6.07) is 3.14. The molecule has 0 atom stereocenters. The minimum atomic E-state index is -0.909. The summed E-state index contributed by atoms with van der Waals surface area (Å²) in [4.78, 5) is 21.3. The summed E-state index contributed by atoms with van der Waals surface area (Å²) in [7, 11) is 0. The Bertz CT molecular complexity index is 387. The predicted octanol–water partition coefficient (Wildman–Crippen LogP) is 0.779. The number of para-hydroxylation sites is 1. The maximum absolute atomic E-state index is 13.0. The van der Waals surface area contributed by atoms with Gasteiger partial charge in [-0.2, -0.15) is 0 Å². The van der Waals surface area contributed by atoms with Gasteiger partial charge in [0.1, 0.15) is 23.7 Å². The highest BCUT2D eigenvalue weighted by Gasteiger charge is 2.12. The molecule has 0 aromatic heterocycles. The van der Waals surface area contributed by atoms with Crippen molar-refractivity contribution in [2.24, 2.45) is 5.73 Å². The van der Waals surface area contributed by atoms with Crippen LogP contribution in [0.1, 0.15) is 6.42 Å². The van der Waals surface area contributed by atoms with Crippen LogP contribution in [0.2, 0.25) is 0 Å². The van der Waals surface area contributed by atoms with Crippen LogP contribution < -0.4 is 11.1 Å². The molecule has 1 aromatic carbocycles. The zero-order valence-corrected chi connectivity index (χ0v) is 7.59. The third kappa shape index (κ3) is 3.01. The Balaban J connectivity index is 2.80. The Morgan fingerprint density at radius 2 is 1.80 bits per heavy atom. The lowest BCUT2D eigenvalue weighted by Gasteiger charge is -2.05. The predicted molar refractivity (Wildman–Crippen MR) is 48.8 cm³/mol. The Morgan fingerprint density at radius 1 is 1.27 bits per heavy atom. The van der Waals surface area contributed by atoms with Crippen LogP contribution in [-0.2, 0) is 9.59 Å². The van der Waals surface area contributed by atoms with Crippen molar-refractivity contribution in [3.8, 4) is 0 Å². The van der Waals surface area contributed by atoms with Gasteiger partial charge in [-0.1, -0.05) is 6.07 Å². The first kappa shape index (κ1) is 11.1. The van der Waals surface area contributed by atoms with Crippen LogP contribution in [0.4, 0.5) is 14.5 Å². The summed E-state index contributed by atoms with van der Waals surface area (Å²) in [6.07, 6.45) is -0.617. The summed E-state index contributed by atoms with van der Waals surface area (Å²) < 4.78 is 26.0. The van der Waals surface area contributed by atoms with Crippen molar-refractivity contribution in [1.82, 2.24) is 0 Å². The maximum atomic E-state index is 13.0. The fourth-order valence-corrected chi connectivity index (χ4v) is 0.959. The van der Waals surface area contributed by atoms with Gasteiger partial charge in [-0.3, -0.25) is 9.59 Å². The van der Waals surface area contributed by atoms with E-state index in [4.69, 9.17) is 5.73 Å². The average molecular weight is 214 g/mol. The van der Waals surface area contributed by atoms with E-state index in [1.54, 1.807) is 0 Å². The second kappa shape index (κ2) is 4.50. The molecule has 4 nitrogen and oxygen atoms in total. The van der Waals surface area contributed by atoms with Crippen LogP contribution in [-0.4, -0.2) is 11.8 Å². The zero-order valence-electron chi connectivity index (χ0n) is 7.59. The number of anilines is 1. The molecule has 80 valence electrons. The summed E-state index contributed by atoms with van der Waals surface area (Å²) in [5.41, 5.74) is 4.16. The molecule has 0 radical (unpaired) electrons. The highest BCUT2D eigenvalue weighted by atomic mass is 19.1. The van der Waals surface area contributed by atoms with Crippen molar-refractivity contribution in [3.63, 3.8) is 0 Å². The molecule has 1 aromatic rings. The van der Waals surface area contributed by atoms with Gasteiger partial charge in [0.15, 0.2) is 0 Å². The molecule has 0 fully saturated rings. The van der Waals surface area contributed by atoms with E-state index in [0.29, 0.717) is 0 Å². The molecule has 2 amide bonds. The fourth-order valence-electron chi connectivity index (χ4n) is 0.959. The van der Waals surface area contributed by atoms with E-state index in [9.17, 15) is 18.4 Å². The number of amides is 2. The number of nitrogens with two attached hydrogens (primary N) is 1. The molecule has 3 N–H and O–H groups in total. The molecule has 6 heteroatoms. The van der Waals surface area contributed by atoms with Gasteiger partial charge in [-0.15, -0.1) is 0 Å². The molecule has 0 unspecified atom stereocenters. The Hall–Kier alpha value is -1.98. The standard InChI is InChI=1S/C9H8F2N2O2/c10-5-2-1-3-6(11)9(5)13-8(15)4-7(12)14/h1-3H,4H2,(H2,12,14)(H,13,15). The Kier molecular flexibility index (Phi) is 3.33. The van der Waals surface area contributed by atoms with Gasteiger partial charge >= 0.3 is 0 Å². The normalized spacial score (nSPS) is 9.73. The number of hydrogen-bond acceptors (Lipinski definition) is 2. The minimum Gasteiger partial charge on any atom is -0.369 e. The van der Waals surface area contributed by atoms with E-state index in [0.717, 1.165) is 18.2 Å². The topological polar surface area (TPSA) is 72.2 Å². The number of halogens is 2. The van der Waals surface area contributed by atoms with Crippen molar-refractivity contribution in [2.45, 2.75) is 6.42 Å². The molecule has 0 aliphatic rings. The number of carbonyl (C=O) groups excluding carboxylic acids is 2. The van der Waals surface area contributed by atoms with E-state index in [2.05, 4.69) is 0 Å². The molecular weight excluding hydrogens is 206 g/mol. The molecular formula is C9H8F2N2O2. The van der Waals surface area contributed by atoms with E-state index in [-0.39, 0.29) is 0 Å². The molecule has 0 aliphatic carbocycles. The number of primary amides is 1. The molecule has 0 heterocycles. The van der Waals surface area contributed by atoms with Crippen LogP contribution in [0.3, 0.4) is 0 Å². The van der Waals surface area contributed by atoms with Gasteiger partial charge in [-0.05, 0) is 12.1 Å². The van der Waals surface area contributed by atoms with Crippen LogP contribution in [0, 0.1) is 11.6 Å². The first-order valence-electron chi connectivity index (χ1n) is 4.03. The van der Waals surface area contributed by atoms with E-state index in [1.807, 2.05) is 5.32 Å². The molecule has 15 heavy (non-hydrogen) atoms. The van der Waals surface area contributed by atoms with Crippen molar-refractivity contribution >= 4 is 17.5 Å². The van der Waals surface area contributed by atoms with Gasteiger partial charge in [0.2, 0.25) is 11.8 Å². The highest BCUT2D eigenvalue weighted by molar-refractivity contribution is 6.03. The van der Waals surface area contributed by atoms with Gasteiger partial charge < -0.3 is 11.1 Å². The van der Waals surface area contributed by atoms with E-state index >= 15 is 0 Å². The number of rotatable bonds is 3. The zero-order chi connectivity index (χ0) is 11.4. The molecule has 0 saturated carbocycles. The van der Waals surface area contributed by atoms with Crippen LogP contribution in [0.15, 0.2) is 18.2 Å². The second-order valence-corrected chi connectivity index (χ2v) is 2.79. The van der Waals surface area contributed by atoms with Crippen molar-refractivity contribution in [1.29, 1.82) is 0 Å². The Labute approximate surface area is 84.1 Å². The number of nitrogens with one attached hydrogen (secondary N) is 1. The first-order chi connectivity index (χ1) is 7.00. The summed E-state index contributed by atoms with van der Waals surface area (Å²) in [5, 5.41) is 1.92. The average Bonchev–Trinajstić information content (AvgIpc) is 2.10. The van der Waals surface area contributed by atoms with Crippen LogP contribution in [0.5, 0.6) is 0 Å². The lowest BCUT2D eigenvalue weighted by Crippen LogP contribution is -2.22. The lowest BCUT2D eigenvalue weighted by molar-refractivity contribution is -0.124. The maximum Gasteiger partial charge on any atom is 0.233 e. The van der Waals surface area contributed by atoms with Crippen LogP contribution in [0.25, 0.3) is 0 Å². The van der Waals surface area contributed by atoms with Crippen molar-refractivity contribution < 1.29 is 18.4 Å². The SMILES string of the molecule is NC(=O)CC(=O)Nc1c(F)cccc1F. The number of carbonyl (C=O) groups is 2. The quantitative estimate of drug-likeness (QED) is 0.730. The van der Waals surface area contributed by atoms with Crippen LogP contribution >= 0.6 is 0 Å². The van der Waals surface area contributed by atoms with Gasteiger partial charge in [0.25, 0.3) is 0 Å². The highest BCUT2D eigenvalue weighted by Crippen LogP contribution is 2.17. The Morgan fingerprint density at radius 3 is 2.27 bits per heavy atom. The van der Waals surface area contributed by atoms with Gasteiger partial charge in [0, 0.05) is 0 Å². The van der Waals surface area contributed by atoms with E-state index in [1.165, 1.54) is 0 Å². The number of benzene rings is 1. The third-order valence-electron chi connectivity index (χ3n) is 1.56. The largest absolute Gasteiger partial charge is 0.369 e. The third-order valence-corrected chi connectivity index (χ3v) is 1.56. The minimum absolute atomic E-state index is 0.580. The summed E-state index contributed by atoms with van der Waals surface area (Å²) in [6.45, 7) is 0. The second-order valence-electron chi connectivity index (χ2n) is 2.79. The van der Waals surface area contributed by atoms with Gasteiger partial charge in [-0.25, -0.2) is 8.78 Å². The molecule has 0 saturated heterocycles. The van der Waals surface area contributed by atoms with Crippen molar-refractivity contribution in [3.05, 3.63) is 29.8 Å². The molecule has 0 bridgehead atoms.